The Labute approximate surface area is 132 Å². The van der Waals surface area contributed by atoms with Crippen LogP contribution in [0.25, 0.3) is 6.08 Å². The summed E-state index contributed by atoms with van der Waals surface area (Å²) >= 11 is 5.81. The molecule has 0 atom stereocenters. The van der Waals surface area contributed by atoms with Crippen molar-refractivity contribution in [1.29, 1.82) is 0 Å². The van der Waals surface area contributed by atoms with Crippen LogP contribution in [0.3, 0.4) is 0 Å². The average molecular weight is 319 g/mol. The quantitative estimate of drug-likeness (QED) is 0.827. The molecule has 3 N–H and O–H groups in total. The Morgan fingerprint density at radius 1 is 1.36 bits per heavy atom. The zero-order valence-electron chi connectivity index (χ0n) is 11.9. The van der Waals surface area contributed by atoms with E-state index in [1.807, 2.05) is 12.1 Å². The molecule has 2 amide bonds. The second-order valence-corrected chi connectivity index (χ2v) is 5.16. The number of aromatic nitrogens is 2. The Morgan fingerprint density at radius 3 is 2.68 bits per heavy atom. The molecule has 7 heteroatoms. The smallest absolute Gasteiger partial charge is 0.251 e. The second kappa shape index (κ2) is 6.91. The summed E-state index contributed by atoms with van der Waals surface area (Å²) in [5, 5.41) is 7.27. The number of anilines is 1. The summed E-state index contributed by atoms with van der Waals surface area (Å²) < 4.78 is 1.36. The fraction of sp³-hybridized carbons (Fsp3) is 0.133. The number of carbonyl (C=O) groups is 2. The van der Waals surface area contributed by atoms with E-state index in [0.29, 0.717) is 16.3 Å². The third-order valence-electron chi connectivity index (χ3n) is 2.82. The van der Waals surface area contributed by atoms with Crippen LogP contribution < -0.4 is 11.1 Å². The van der Waals surface area contributed by atoms with E-state index in [-0.39, 0.29) is 12.5 Å². The van der Waals surface area contributed by atoms with Gasteiger partial charge in [-0.15, -0.1) is 0 Å². The summed E-state index contributed by atoms with van der Waals surface area (Å²) in [5.74, 6) is -0.756. The summed E-state index contributed by atoms with van der Waals surface area (Å²) in [6.07, 6.45) is 4.74. The van der Waals surface area contributed by atoms with Crippen molar-refractivity contribution in [3.63, 3.8) is 0 Å². The van der Waals surface area contributed by atoms with Gasteiger partial charge in [-0.25, -0.2) is 0 Å². The molecule has 114 valence electrons. The number of hydrogen-bond acceptors (Lipinski definition) is 3. The fourth-order valence-electron chi connectivity index (χ4n) is 1.78. The summed E-state index contributed by atoms with van der Waals surface area (Å²) in [5.41, 5.74) is 6.98. The van der Waals surface area contributed by atoms with E-state index in [4.69, 9.17) is 17.3 Å². The van der Waals surface area contributed by atoms with Crippen LogP contribution in [0.2, 0.25) is 5.02 Å². The molecule has 0 aliphatic carbocycles. The normalized spacial score (nSPS) is 11.3. The number of nitrogens with zero attached hydrogens (tertiary/aromatic N) is 2. The highest BCUT2D eigenvalue weighted by Gasteiger charge is 2.07. The van der Waals surface area contributed by atoms with Gasteiger partial charge in [0.05, 0.1) is 11.9 Å². The molecule has 1 aromatic heterocycles. The molecular weight excluding hydrogens is 304 g/mol. The van der Waals surface area contributed by atoms with Gasteiger partial charge in [-0.1, -0.05) is 23.7 Å². The SMILES string of the molecule is CC(=Cc1ccc(Cl)cc1)C(=O)Nc1cnn(CC(N)=O)c1. The van der Waals surface area contributed by atoms with Crippen molar-refractivity contribution in [3.05, 3.63) is 52.8 Å². The molecule has 0 bridgehead atoms. The third kappa shape index (κ3) is 4.46. The Hall–Kier alpha value is -2.60. The highest BCUT2D eigenvalue weighted by atomic mass is 35.5. The van der Waals surface area contributed by atoms with Gasteiger partial charge < -0.3 is 11.1 Å². The molecule has 0 spiro atoms. The zero-order valence-corrected chi connectivity index (χ0v) is 12.7. The number of benzene rings is 1. The molecule has 1 heterocycles. The first-order chi connectivity index (χ1) is 10.4. The Bertz CT molecular complexity index is 719. The first-order valence-electron chi connectivity index (χ1n) is 6.50. The van der Waals surface area contributed by atoms with Crippen molar-refractivity contribution in [2.75, 3.05) is 5.32 Å². The van der Waals surface area contributed by atoms with E-state index < -0.39 is 5.91 Å². The minimum Gasteiger partial charge on any atom is -0.368 e. The van der Waals surface area contributed by atoms with Crippen molar-refractivity contribution >= 4 is 35.2 Å². The van der Waals surface area contributed by atoms with Gasteiger partial charge in [-0.2, -0.15) is 5.10 Å². The highest BCUT2D eigenvalue weighted by Crippen LogP contribution is 2.14. The summed E-state index contributed by atoms with van der Waals surface area (Å²) in [6, 6.07) is 7.16. The van der Waals surface area contributed by atoms with Crippen molar-refractivity contribution in [1.82, 2.24) is 9.78 Å². The molecular formula is C15H15ClN4O2. The lowest BCUT2D eigenvalue weighted by atomic mass is 10.1. The van der Waals surface area contributed by atoms with Crippen molar-refractivity contribution in [2.24, 2.45) is 5.73 Å². The summed E-state index contributed by atoms with van der Waals surface area (Å²) in [7, 11) is 0. The lowest BCUT2D eigenvalue weighted by Gasteiger charge is -2.03. The van der Waals surface area contributed by atoms with Gasteiger partial charge in [0.25, 0.3) is 5.91 Å². The predicted molar refractivity (Wildman–Crippen MR) is 85.2 cm³/mol. The van der Waals surface area contributed by atoms with Crippen LogP contribution in [0, 0.1) is 0 Å². The molecule has 6 nitrogen and oxygen atoms in total. The predicted octanol–water partition coefficient (Wildman–Crippen LogP) is 2.06. The van der Waals surface area contributed by atoms with Gasteiger partial charge in [0, 0.05) is 16.8 Å². The molecule has 0 radical (unpaired) electrons. The van der Waals surface area contributed by atoms with Crippen LogP contribution in [-0.4, -0.2) is 21.6 Å². The molecule has 2 aromatic rings. The second-order valence-electron chi connectivity index (χ2n) is 4.73. The third-order valence-corrected chi connectivity index (χ3v) is 3.07. The number of carbonyl (C=O) groups excluding carboxylic acids is 2. The Balaban J connectivity index is 2.03. The molecule has 0 aliphatic heterocycles. The van der Waals surface area contributed by atoms with Crippen LogP contribution in [0.4, 0.5) is 5.69 Å². The molecule has 0 unspecified atom stereocenters. The van der Waals surface area contributed by atoms with Crippen LogP contribution >= 0.6 is 11.6 Å². The molecule has 22 heavy (non-hydrogen) atoms. The van der Waals surface area contributed by atoms with Crippen LogP contribution in [-0.2, 0) is 16.1 Å². The van der Waals surface area contributed by atoms with Gasteiger partial charge in [-0.05, 0) is 30.7 Å². The summed E-state index contributed by atoms with van der Waals surface area (Å²) in [4.78, 5) is 22.9. The monoisotopic (exact) mass is 318 g/mol. The first-order valence-corrected chi connectivity index (χ1v) is 6.88. The first kappa shape index (κ1) is 15.8. The molecule has 0 aliphatic rings. The average Bonchev–Trinajstić information content (AvgIpc) is 2.87. The molecule has 0 fully saturated rings. The van der Waals surface area contributed by atoms with E-state index in [1.54, 1.807) is 25.1 Å². The topological polar surface area (TPSA) is 90.0 Å². The number of rotatable bonds is 5. The van der Waals surface area contributed by atoms with Crippen LogP contribution in [0.5, 0.6) is 0 Å². The minimum absolute atomic E-state index is 0.0323. The number of amides is 2. The molecule has 0 saturated carbocycles. The van der Waals surface area contributed by atoms with Crippen molar-refractivity contribution < 1.29 is 9.59 Å². The lowest BCUT2D eigenvalue weighted by molar-refractivity contribution is -0.118. The minimum atomic E-state index is -0.500. The molecule has 0 saturated heterocycles. The van der Waals surface area contributed by atoms with Crippen LogP contribution in [0.1, 0.15) is 12.5 Å². The molecule has 2 rings (SSSR count). The van der Waals surface area contributed by atoms with E-state index in [9.17, 15) is 9.59 Å². The van der Waals surface area contributed by atoms with E-state index in [0.717, 1.165) is 5.56 Å². The van der Waals surface area contributed by atoms with Crippen molar-refractivity contribution in [2.45, 2.75) is 13.5 Å². The Morgan fingerprint density at radius 2 is 2.05 bits per heavy atom. The molecule has 1 aromatic carbocycles. The number of nitrogens with two attached hydrogens (primary N) is 1. The maximum atomic E-state index is 12.1. The van der Waals surface area contributed by atoms with Crippen molar-refractivity contribution in [3.8, 4) is 0 Å². The maximum Gasteiger partial charge on any atom is 0.251 e. The lowest BCUT2D eigenvalue weighted by Crippen LogP contribution is -2.18. The van der Waals surface area contributed by atoms with Gasteiger partial charge in [0.1, 0.15) is 6.54 Å². The fourth-order valence-corrected chi connectivity index (χ4v) is 1.90. The number of hydrogen-bond donors (Lipinski definition) is 2. The number of primary amides is 1. The Kier molecular flexibility index (Phi) is 4.95. The number of halogens is 1. The van der Waals surface area contributed by atoms with Gasteiger partial charge in [0.15, 0.2) is 0 Å². The van der Waals surface area contributed by atoms with E-state index in [1.165, 1.54) is 17.1 Å². The van der Waals surface area contributed by atoms with E-state index >= 15 is 0 Å². The highest BCUT2D eigenvalue weighted by molar-refractivity contribution is 6.30. The van der Waals surface area contributed by atoms with Gasteiger partial charge in [-0.3, -0.25) is 14.3 Å². The van der Waals surface area contributed by atoms with Crippen LogP contribution in [0.15, 0.2) is 42.2 Å². The maximum absolute atomic E-state index is 12.1. The van der Waals surface area contributed by atoms with Gasteiger partial charge in [0.2, 0.25) is 5.91 Å². The number of nitrogens with one attached hydrogen (secondary N) is 1. The summed E-state index contributed by atoms with van der Waals surface area (Å²) in [6.45, 7) is 1.67. The zero-order chi connectivity index (χ0) is 16.1. The van der Waals surface area contributed by atoms with Gasteiger partial charge >= 0.3 is 0 Å². The van der Waals surface area contributed by atoms with E-state index in [2.05, 4.69) is 10.4 Å². The largest absolute Gasteiger partial charge is 0.368 e. The standard InChI is InChI=1S/C15H15ClN4O2/c1-10(6-11-2-4-12(16)5-3-11)15(22)19-13-7-18-20(8-13)9-14(17)21/h2-8H,9H2,1H3,(H2,17,21)(H,19,22).